The third-order valence-electron chi connectivity index (χ3n) is 3.78. The summed E-state index contributed by atoms with van der Waals surface area (Å²) < 4.78 is 43.3. The van der Waals surface area contributed by atoms with Crippen molar-refractivity contribution < 1.29 is 27.4 Å². The predicted octanol–water partition coefficient (Wildman–Crippen LogP) is 2.87. The zero-order valence-corrected chi connectivity index (χ0v) is 16.1. The lowest BCUT2D eigenvalue weighted by Gasteiger charge is -2.25. The van der Waals surface area contributed by atoms with Crippen LogP contribution in [0.5, 0.6) is 11.5 Å². The standard InChI is InChI=1S/C18H18ClNO6S/c1-2-24-18(21)12-20(14-5-3-4-13(19)10-14)27(22,23)15-6-7-16-17(11-15)26-9-8-25-16/h3-7,10-11H,2,8-9,12H2,1H3. The molecule has 3 rings (SSSR count). The normalized spacial score (nSPS) is 13.1. The zero-order chi connectivity index (χ0) is 19.4. The van der Waals surface area contributed by atoms with E-state index in [1.165, 1.54) is 24.3 Å². The number of carbonyl (C=O) groups excluding carboxylic acids is 1. The van der Waals surface area contributed by atoms with Crippen LogP contribution in [0.2, 0.25) is 5.02 Å². The second-order valence-corrected chi connectivity index (χ2v) is 7.90. The van der Waals surface area contributed by atoms with Gasteiger partial charge in [0.2, 0.25) is 0 Å². The molecule has 144 valence electrons. The first-order valence-corrected chi connectivity index (χ1v) is 10.1. The molecule has 7 nitrogen and oxygen atoms in total. The molecule has 0 aliphatic carbocycles. The van der Waals surface area contributed by atoms with E-state index in [0.29, 0.717) is 29.7 Å². The van der Waals surface area contributed by atoms with Crippen molar-refractivity contribution >= 4 is 33.3 Å². The van der Waals surface area contributed by atoms with Crippen LogP contribution in [-0.4, -0.2) is 40.8 Å². The Kier molecular flexibility index (Phi) is 5.76. The molecular weight excluding hydrogens is 394 g/mol. The fourth-order valence-electron chi connectivity index (χ4n) is 2.58. The molecule has 0 saturated heterocycles. The van der Waals surface area contributed by atoms with Gasteiger partial charge in [-0.15, -0.1) is 0 Å². The zero-order valence-electron chi connectivity index (χ0n) is 14.6. The molecule has 1 aliphatic rings. The number of fused-ring (bicyclic) bond motifs is 1. The van der Waals surface area contributed by atoms with Gasteiger partial charge < -0.3 is 14.2 Å². The molecule has 0 N–H and O–H groups in total. The topological polar surface area (TPSA) is 82.1 Å². The van der Waals surface area contributed by atoms with Crippen LogP contribution in [0.15, 0.2) is 47.4 Å². The van der Waals surface area contributed by atoms with E-state index in [9.17, 15) is 13.2 Å². The van der Waals surface area contributed by atoms with Crippen molar-refractivity contribution in [3.8, 4) is 11.5 Å². The average Bonchev–Trinajstić information content (AvgIpc) is 2.66. The lowest BCUT2D eigenvalue weighted by Crippen LogP contribution is -2.36. The summed E-state index contributed by atoms with van der Waals surface area (Å²) in [4.78, 5) is 12.0. The Morgan fingerprint density at radius 3 is 2.59 bits per heavy atom. The van der Waals surface area contributed by atoms with E-state index < -0.39 is 22.5 Å². The maximum atomic E-state index is 13.2. The highest BCUT2D eigenvalue weighted by Crippen LogP contribution is 2.34. The number of rotatable bonds is 6. The van der Waals surface area contributed by atoms with E-state index >= 15 is 0 Å². The Bertz CT molecular complexity index is 947. The number of hydrogen-bond donors (Lipinski definition) is 0. The fraction of sp³-hybridized carbons (Fsp3) is 0.278. The SMILES string of the molecule is CCOC(=O)CN(c1cccc(Cl)c1)S(=O)(=O)c1ccc2c(c1)OCCO2. The van der Waals surface area contributed by atoms with Crippen LogP contribution in [-0.2, 0) is 19.6 Å². The number of sulfonamides is 1. The summed E-state index contributed by atoms with van der Waals surface area (Å²) in [6.45, 7) is 2.04. The monoisotopic (exact) mass is 411 g/mol. The number of esters is 1. The number of hydrogen-bond acceptors (Lipinski definition) is 6. The number of halogens is 1. The van der Waals surface area contributed by atoms with E-state index in [1.54, 1.807) is 25.1 Å². The Hall–Kier alpha value is -2.45. The van der Waals surface area contributed by atoms with E-state index in [-0.39, 0.29) is 17.2 Å². The molecule has 0 fully saturated rings. The maximum absolute atomic E-state index is 13.2. The van der Waals surface area contributed by atoms with E-state index in [0.717, 1.165) is 4.31 Å². The van der Waals surface area contributed by atoms with E-state index in [2.05, 4.69) is 0 Å². The highest BCUT2D eigenvalue weighted by Gasteiger charge is 2.29. The van der Waals surface area contributed by atoms with Gasteiger partial charge in [-0.25, -0.2) is 8.42 Å². The lowest BCUT2D eigenvalue weighted by molar-refractivity contribution is -0.141. The van der Waals surface area contributed by atoms with Crippen molar-refractivity contribution in [1.82, 2.24) is 0 Å². The summed E-state index contributed by atoms with van der Waals surface area (Å²) in [5.41, 5.74) is 0.255. The molecule has 0 saturated carbocycles. The molecular formula is C18H18ClNO6S. The molecule has 0 bridgehead atoms. The lowest BCUT2D eigenvalue weighted by atomic mass is 10.3. The first-order chi connectivity index (χ1) is 12.9. The Labute approximate surface area is 162 Å². The Morgan fingerprint density at radius 2 is 1.89 bits per heavy atom. The number of ether oxygens (including phenoxy) is 3. The van der Waals surface area contributed by atoms with Crippen LogP contribution in [0.4, 0.5) is 5.69 Å². The molecule has 0 radical (unpaired) electrons. The molecule has 0 atom stereocenters. The van der Waals surface area contributed by atoms with Crippen molar-refractivity contribution in [2.45, 2.75) is 11.8 Å². The van der Waals surface area contributed by atoms with Crippen molar-refractivity contribution in [3.63, 3.8) is 0 Å². The molecule has 1 aliphatic heterocycles. The molecule has 0 unspecified atom stereocenters. The minimum Gasteiger partial charge on any atom is -0.486 e. The molecule has 2 aromatic carbocycles. The van der Waals surface area contributed by atoms with Crippen molar-refractivity contribution in [1.29, 1.82) is 0 Å². The summed E-state index contributed by atoms with van der Waals surface area (Å²) in [5.74, 6) is 0.142. The van der Waals surface area contributed by atoms with Crippen LogP contribution in [0.1, 0.15) is 6.92 Å². The molecule has 27 heavy (non-hydrogen) atoms. The summed E-state index contributed by atoms with van der Waals surface area (Å²) in [7, 11) is -4.08. The molecule has 0 amide bonds. The number of nitrogens with zero attached hydrogens (tertiary/aromatic N) is 1. The fourth-order valence-corrected chi connectivity index (χ4v) is 4.18. The summed E-state index contributed by atoms with van der Waals surface area (Å²) >= 11 is 6.00. The molecule has 0 aromatic heterocycles. The van der Waals surface area contributed by atoms with Gasteiger partial charge in [0.15, 0.2) is 11.5 Å². The first kappa shape index (κ1) is 19.3. The third kappa shape index (κ3) is 4.28. The van der Waals surface area contributed by atoms with Gasteiger partial charge in [0.05, 0.1) is 17.2 Å². The van der Waals surface area contributed by atoms with Gasteiger partial charge in [-0.1, -0.05) is 17.7 Å². The summed E-state index contributed by atoms with van der Waals surface area (Å²) in [6.07, 6.45) is 0. The second-order valence-electron chi connectivity index (χ2n) is 5.60. The van der Waals surface area contributed by atoms with E-state index in [1.807, 2.05) is 0 Å². The largest absolute Gasteiger partial charge is 0.486 e. The van der Waals surface area contributed by atoms with Crippen molar-refractivity contribution in [3.05, 3.63) is 47.5 Å². The van der Waals surface area contributed by atoms with Crippen molar-refractivity contribution in [2.75, 3.05) is 30.7 Å². The Morgan fingerprint density at radius 1 is 1.15 bits per heavy atom. The van der Waals surface area contributed by atoms with Crippen LogP contribution < -0.4 is 13.8 Å². The van der Waals surface area contributed by atoms with Crippen LogP contribution in [0.25, 0.3) is 0 Å². The van der Waals surface area contributed by atoms with Gasteiger partial charge in [-0.05, 0) is 37.3 Å². The Balaban J connectivity index is 2.02. The minimum atomic E-state index is -4.08. The average molecular weight is 412 g/mol. The van der Waals surface area contributed by atoms with Crippen LogP contribution >= 0.6 is 11.6 Å². The molecule has 9 heteroatoms. The van der Waals surface area contributed by atoms with Crippen molar-refractivity contribution in [2.24, 2.45) is 0 Å². The van der Waals surface area contributed by atoms with Crippen LogP contribution in [0.3, 0.4) is 0 Å². The molecule has 2 aromatic rings. The summed E-state index contributed by atoms with van der Waals surface area (Å²) in [5, 5.41) is 0.346. The summed E-state index contributed by atoms with van der Waals surface area (Å²) in [6, 6.07) is 10.6. The first-order valence-electron chi connectivity index (χ1n) is 8.25. The molecule has 1 heterocycles. The predicted molar refractivity (Wildman–Crippen MR) is 100 cm³/mol. The van der Waals surface area contributed by atoms with Gasteiger partial charge in [0.25, 0.3) is 10.0 Å². The maximum Gasteiger partial charge on any atom is 0.326 e. The van der Waals surface area contributed by atoms with Gasteiger partial charge in [0.1, 0.15) is 19.8 Å². The number of benzene rings is 2. The van der Waals surface area contributed by atoms with Gasteiger partial charge in [-0.2, -0.15) is 0 Å². The van der Waals surface area contributed by atoms with Gasteiger partial charge >= 0.3 is 5.97 Å². The number of anilines is 1. The minimum absolute atomic E-state index is 0.0315. The number of carbonyl (C=O) groups is 1. The highest BCUT2D eigenvalue weighted by atomic mass is 35.5. The van der Waals surface area contributed by atoms with E-state index in [4.69, 9.17) is 25.8 Å². The van der Waals surface area contributed by atoms with Gasteiger partial charge in [0, 0.05) is 11.1 Å². The molecule has 0 spiro atoms. The highest BCUT2D eigenvalue weighted by molar-refractivity contribution is 7.92. The second kappa shape index (κ2) is 8.06. The quantitative estimate of drug-likeness (QED) is 0.680. The smallest absolute Gasteiger partial charge is 0.326 e. The third-order valence-corrected chi connectivity index (χ3v) is 5.78. The van der Waals surface area contributed by atoms with Crippen LogP contribution in [0, 0.1) is 0 Å². The van der Waals surface area contributed by atoms with Gasteiger partial charge in [-0.3, -0.25) is 9.10 Å².